The van der Waals surface area contributed by atoms with Crippen molar-refractivity contribution in [2.45, 2.75) is 48.1 Å². The van der Waals surface area contributed by atoms with Gasteiger partial charge in [0.1, 0.15) is 6.61 Å². The maximum Gasteiger partial charge on any atom is 0.407 e. The van der Waals surface area contributed by atoms with Gasteiger partial charge in [0.15, 0.2) is 22.0 Å². The maximum atomic E-state index is 11.9. The molecule has 0 fully saturated rings. The summed E-state index contributed by atoms with van der Waals surface area (Å²) in [4.78, 5) is 35.6. The van der Waals surface area contributed by atoms with Gasteiger partial charge >= 0.3 is 18.0 Å². The molecule has 1 aromatic rings. The van der Waals surface area contributed by atoms with Crippen LogP contribution < -0.4 is 5.32 Å². The number of hydrogen-bond acceptors (Lipinski definition) is 8. The molecule has 180 valence electrons. The summed E-state index contributed by atoms with van der Waals surface area (Å²) in [5.41, 5.74) is -0.462. The highest BCUT2D eigenvalue weighted by atomic mass is 31.2. The largest absolute Gasteiger partial charge is 0.445 e. The minimum absolute atomic E-state index is 0.153. The van der Waals surface area contributed by atoms with E-state index in [0.29, 0.717) is 0 Å². The van der Waals surface area contributed by atoms with E-state index in [0.717, 1.165) is 5.56 Å². The van der Waals surface area contributed by atoms with Gasteiger partial charge in [-0.3, -0.25) is 18.6 Å². The van der Waals surface area contributed by atoms with Crippen LogP contribution in [0.5, 0.6) is 0 Å². The molecule has 0 heterocycles. The van der Waals surface area contributed by atoms with Crippen LogP contribution in [0.3, 0.4) is 0 Å². The van der Waals surface area contributed by atoms with Crippen molar-refractivity contribution in [3.8, 4) is 0 Å². The summed E-state index contributed by atoms with van der Waals surface area (Å²) in [5, 5.41) is 2.61. The summed E-state index contributed by atoms with van der Waals surface area (Å²) < 4.78 is 26.3. The van der Waals surface area contributed by atoms with Crippen LogP contribution in [-0.4, -0.2) is 44.3 Å². The van der Waals surface area contributed by atoms with Crippen LogP contribution in [0, 0.1) is 10.8 Å². The molecule has 1 aromatic carbocycles. The molecule has 0 saturated carbocycles. The molecule has 0 saturated heterocycles. The van der Waals surface area contributed by atoms with E-state index in [2.05, 4.69) is 5.32 Å². The second kappa shape index (κ2) is 13.4. The number of benzene rings is 1. The minimum atomic E-state index is -1.60. The van der Waals surface area contributed by atoms with Crippen molar-refractivity contribution < 1.29 is 37.6 Å². The van der Waals surface area contributed by atoms with Crippen molar-refractivity contribution in [3.63, 3.8) is 0 Å². The van der Waals surface area contributed by atoms with Crippen molar-refractivity contribution >= 4 is 26.4 Å². The summed E-state index contributed by atoms with van der Waals surface area (Å²) in [6.07, 6.45) is -0.308. The predicted molar refractivity (Wildman–Crippen MR) is 119 cm³/mol. The zero-order valence-corrected chi connectivity index (χ0v) is 20.5. The van der Waals surface area contributed by atoms with Crippen LogP contribution in [0.2, 0.25) is 0 Å². The van der Waals surface area contributed by atoms with Crippen LogP contribution in [0.4, 0.5) is 4.79 Å². The number of amides is 1. The number of alkyl carbamates (subject to hydrolysis) is 1. The summed E-state index contributed by atoms with van der Waals surface area (Å²) in [7, 11) is -1.60. The standard InChI is InChI=1S/C22H34NO8P/c1-21(2,3)18(24)28-15-30-32(31-16-29-19(25)22(4,5)6)13-12-23-20(26)27-14-17-10-8-7-9-11-17/h7-11H,12-16H2,1-6H3,(H,23,26). The Morgan fingerprint density at radius 1 is 0.812 bits per heavy atom. The first-order valence-electron chi connectivity index (χ1n) is 10.2. The van der Waals surface area contributed by atoms with Crippen molar-refractivity contribution in [3.05, 3.63) is 35.9 Å². The van der Waals surface area contributed by atoms with E-state index in [4.69, 9.17) is 23.3 Å². The molecule has 0 bridgehead atoms. The molecule has 1 rings (SSSR count). The zero-order chi connectivity index (χ0) is 24.2. The van der Waals surface area contributed by atoms with Gasteiger partial charge in [0.25, 0.3) is 0 Å². The monoisotopic (exact) mass is 471 g/mol. The lowest BCUT2D eigenvalue weighted by Crippen LogP contribution is -2.28. The Labute approximate surface area is 191 Å². The van der Waals surface area contributed by atoms with Gasteiger partial charge in [-0.25, -0.2) is 4.79 Å². The third kappa shape index (κ3) is 12.0. The Bertz CT molecular complexity index is 696. The SMILES string of the molecule is CC(C)(C)C(=O)OCOP(CCNC(=O)OCc1ccccc1)OCOC(=O)C(C)(C)C. The Kier molecular flexibility index (Phi) is 11.6. The Balaban J connectivity index is 2.45. The Morgan fingerprint density at radius 3 is 1.78 bits per heavy atom. The summed E-state index contributed by atoms with van der Waals surface area (Å²) in [6, 6.07) is 9.30. The lowest BCUT2D eigenvalue weighted by molar-refractivity contribution is -0.161. The van der Waals surface area contributed by atoms with Gasteiger partial charge < -0.3 is 19.5 Å². The van der Waals surface area contributed by atoms with Crippen molar-refractivity contribution in [2.24, 2.45) is 10.8 Å². The molecule has 0 aliphatic carbocycles. The molecular weight excluding hydrogens is 437 g/mol. The van der Waals surface area contributed by atoms with Gasteiger partial charge in [-0.1, -0.05) is 30.3 Å². The van der Waals surface area contributed by atoms with E-state index in [9.17, 15) is 14.4 Å². The van der Waals surface area contributed by atoms with E-state index in [1.807, 2.05) is 30.3 Å². The topological polar surface area (TPSA) is 109 Å². The van der Waals surface area contributed by atoms with Crippen LogP contribution in [0.1, 0.15) is 47.1 Å². The third-order valence-corrected chi connectivity index (χ3v) is 5.15. The molecule has 1 N–H and O–H groups in total. The first-order valence-corrected chi connectivity index (χ1v) is 11.6. The van der Waals surface area contributed by atoms with E-state index < -0.39 is 37.2 Å². The van der Waals surface area contributed by atoms with Gasteiger partial charge in [0.05, 0.1) is 10.8 Å². The number of nitrogens with one attached hydrogen (secondary N) is 1. The molecule has 0 radical (unpaired) electrons. The Morgan fingerprint density at radius 2 is 1.31 bits per heavy atom. The average Bonchev–Trinajstić information content (AvgIpc) is 2.71. The van der Waals surface area contributed by atoms with E-state index in [-0.39, 0.29) is 32.9 Å². The molecule has 0 atom stereocenters. The molecule has 9 nitrogen and oxygen atoms in total. The fourth-order valence-corrected chi connectivity index (χ4v) is 2.87. The first-order chi connectivity index (χ1) is 14.9. The minimum Gasteiger partial charge on any atom is -0.445 e. The molecule has 0 aliphatic rings. The van der Waals surface area contributed by atoms with Gasteiger partial charge in [0.2, 0.25) is 0 Å². The third-order valence-electron chi connectivity index (χ3n) is 3.77. The van der Waals surface area contributed by atoms with Crippen molar-refractivity contribution in [2.75, 3.05) is 26.3 Å². The van der Waals surface area contributed by atoms with E-state index in [1.54, 1.807) is 41.5 Å². The van der Waals surface area contributed by atoms with Gasteiger partial charge in [0, 0.05) is 12.7 Å². The number of hydrogen-bond donors (Lipinski definition) is 1. The zero-order valence-electron chi connectivity index (χ0n) is 19.6. The number of esters is 2. The number of carbonyl (C=O) groups is 3. The second-order valence-electron chi connectivity index (χ2n) is 8.90. The lowest BCUT2D eigenvalue weighted by atomic mass is 9.98. The summed E-state index contributed by atoms with van der Waals surface area (Å²) in [5.74, 6) is -0.844. The second-order valence-corrected chi connectivity index (χ2v) is 10.5. The summed E-state index contributed by atoms with van der Waals surface area (Å²) in [6.45, 7) is 10.1. The molecule has 0 aliphatic heterocycles. The van der Waals surface area contributed by atoms with Crippen molar-refractivity contribution in [1.82, 2.24) is 5.32 Å². The van der Waals surface area contributed by atoms with Crippen LogP contribution >= 0.6 is 8.38 Å². The molecule has 0 aromatic heterocycles. The van der Waals surface area contributed by atoms with Crippen LogP contribution in [-0.2, 0) is 39.5 Å². The lowest BCUT2D eigenvalue weighted by Gasteiger charge is -2.21. The molecule has 0 spiro atoms. The first kappa shape index (κ1) is 27.8. The number of ether oxygens (including phenoxy) is 3. The molecule has 10 heteroatoms. The highest BCUT2D eigenvalue weighted by Gasteiger charge is 2.25. The van der Waals surface area contributed by atoms with Gasteiger partial charge in [-0.2, -0.15) is 0 Å². The van der Waals surface area contributed by atoms with E-state index in [1.165, 1.54) is 0 Å². The van der Waals surface area contributed by atoms with Crippen LogP contribution in [0.25, 0.3) is 0 Å². The quantitative estimate of drug-likeness (QED) is 0.220. The van der Waals surface area contributed by atoms with Crippen LogP contribution in [0.15, 0.2) is 30.3 Å². The normalized spacial score (nSPS) is 11.7. The smallest absolute Gasteiger partial charge is 0.407 e. The van der Waals surface area contributed by atoms with Crippen molar-refractivity contribution in [1.29, 1.82) is 0 Å². The molecular formula is C22H34NO8P. The highest BCUT2D eigenvalue weighted by molar-refractivity contribution is 7.47. The van der Waals surface area contributed by atoms with Gasteiger partial charge in [-0.15, -0.1) is 0 Å². The highest BCUT2D eigenvalue weighted by Crippen LogP contribution is 2.37. The predicted octanol–water partition coefficient (Wildman–Crippen LogP) is 4.35. The fraction of sp³-hybridized carbons (Fsp3) is 0.591. The van der Waals surface area contributed by atoms with E-state index >= 15 is 0 Å². The summed E-state index contributed by atoms with van der Waals surface area (Å²) >= 11 is 0. The number of carbonyl (C=O) groups excluding carboxylic acids is 3. The average molecular weight is 471 g/mol. The molecule has 32 heavy (non-hydrogen) atoms. The number of rotatable bonds is 11. The maximum absolute atomic E-state index is 11.9. The van der Waals surface area contributed by atoms with Gasteiger partial charge in [-0.05, 0) is 47.1 Å². The molecule has 1 amide bonds. The fourth-order valence-electron chi connectivity index (χ4n) is 1.90. The molecule has 0 unspecified atom stereocenters. The Hall–Kier alpha value is -2.22.